The van der Waals surface area contributed by atoms with Crippen LogP contribution in [0.1, 0.15) is 28.9 Å². The summed E-state index contributed by atoms with van der Waals surface area (Å²) in [4.78, 5) is 12.0. The van der Waals surface area contributed by atoms with Crippen LogP contribution >= 0.6 is 0 Å². The molecule has 1 aromatic heterocycles. The highest BCUT2D eigenvalue weighted by atomic mass is 16.5. The van der Waals surface area contributed by atoms with Crippen LogP contribution in [-0.4, -0.2) is 28.8 Å². The summed E-state index contributed by atoms with van der Waals surface area (Å²) in [6.45, 7) is 2.98. The van der Waals surface area contributed by atoms with Gasteiger partial charge in [-0.3, -0.25) is 9.48 Å². The molecule has 1 aromatic carbocycles. The third-order valence-electron chi connectivity index (χ3n) is 2.95. The molecule has 1 amide bonds. The molecule has 1 atom stereocenters. The summed E-state index contributed by atoms with van der Waals surface area (Å²) in [6, 6.07) is 9.88. The van der Waals surface area contributed by atoms with Crippen LogP contribution in [0.3, 0.4) is 0 Å². The first kappa shape index (κ1) is 14.3. The van der Waals surface area contributed by atoms with E-state index < -0.39 is 0 Å². The van der Waals surface area contributed by atoms with E-state index in [-0.39, 0.29) is 12.0 Å². The van der Waals surface area contributed by atoms with E-state index in [2.05, 4.69) is 10.4 Å². The summed E-state index contributed by atoms with van der Waals surface area (Å²) < 4.78 is 7.29. The number of nitrogens with zero attached hydrogens (tertiary/aromatic N) is 2. The van der Waals surface area contributed by atoms with Crippen LogP contribution in [0.5, 0.6) is 0 Å². The van der Waals surface area contributed by atoms with Gasteiger partial charge in [-0.1, -0.05) is 30.3 Å². The van der Waals surface area contributed by atoms with Gasteiger partial charge >= 0.3 is 0 Å². The minimum Gasteiger partial charge on any atom is -0.372 e. The van der Waals surface area contributed by atoms with E-state index in [1.54, 1.807) is 24.1 Å². The van der Waals surface area contributed by atoms with E-state index in [9.17, 15) is 4.79 Å². The topological polar surface area (TPSA) is 56.1 Å². The predicted octanol–water partition coefficient (Wildman–Crippen LogP) is 1.93. The Labute approximate surface area is 118 Å². The Balaban J connectivity index is 1.97. The largest absolute Gasteiger partial charge is 0.372 e. The lowest BCUT2D eigenvalue weighted by molar-refractivity contribution is 0.0586. The molecule has 1 heterocycles. The molecule has 2 rings (SSSR count). The van der Waals surface area contributed by atoms with Crippen LogP contribution in [0.15, 0.2) is 42.7 Å². The van der Waals surface area contributed by atoms with Gasteiger partial charge in [-0.25, -0.2) is 0 Å². The van der Waals surface area contributed by atoms with Crippen molar-refractivity contribution in [3.63, 3.8) is 0 Å². The number of rotatable bonds is 6. The summed E-state index contributed by atoms with van der Waals surface area (Å²) in [5.41, 5.74) is 1.61. The molecule has 5 heteroatoms. The number of carbonyl (C=O) groups is 1. The van der Waals surface area contributed by atoms with Gasteiger partial charge < -0.3 is 10.1 Å². The van der Waals surface area contributed by atoms with Crippen molar-refractivity contribution < 1.29 is 9.53 Å². The average Bonchev–Trinajstić information content (AvgIpc) is 2.91. The third-order valence-corrected chi connectivity index (χ3v) is 2.95. The van der Waals surface area contributed by atoms with Gasteiger partial charge in [0.15, 0.2) is 0 Å². The van der Waals surface area contributed by atoms with Crippen molar-refractivity contribution in [2.24, 2.45) is 7.05 Å². The number of carbonyl (C=O) groups excluding carboxylic acids is 1. The molecule has 0 fully saturated rings. The lowest BCUT2D eigenvalue weighted by Crippen LogP contribution is -2.29. The zero-order valence-corrected chi connectivity index (χ0v) is 11.7. The molecule has 0 aliphatic heterocycles. The van der Waals surface area contributed by atoms with E-state index in [0.717, 1.165) is 5.56 Å². The summed E-state index contributed by atoms with van der Waals surface area (Å²) in [7, 11) is 1.78. The number of aromatic nitrogens is 2. The third kappa shape index (κ3) is 3.68. The van der Waals surface area contributed by atoms with Gasteiger partial charge in [-0.05, 0) is 12.5 Å². The van der Waals surface area contributed by atoms with Crippen LogP contribution in [-0.2, 0) is 11.8 Å². The smallest absolute Gasteiger partial charge is 0.254 e. The normalized spacial score (nSPS) is 12.1. The maximum Gasteiger partial charge on any atom is 0.254 e. The van der Waals surface area contributed by atoms with Gasteiger partial charge in [0.25, 0.3) is 5.91 Å². The Bertz CT molecular complexity index is 551. The highest BCUT2D eigenvalue weighted by Crippen LogP contribution is 2.16. The van der Waals surface area contributed by atoms with Crippen LogP contribution in [0.25, 0.3) is 0 Å². The van der Waals surface area contributed by atoms with E-state index >= 15 is 0 Å². The monoisotopic (exact) mass is 273 g/mol. The Kier molecular flexibility index (Phi) is 4.90. The zero-order valence-electron chi connectivity index (χ0n) is 11.7. The summed E-state index contributed by atoms with van der Waals surface area (Å²) in [6.07, 6.45) is 3.10. The zero-order chi connectivity index (χ0) is 14.4. The molecular formula is C15H19N3O2. The van der Waals surface area contributed by atoms with Crippen molar-refractivity contribution in [1.82, 2.24) is 15.1 Å². The first-order valence-corrected chi connectivity index (χ1v) is 6.64. The van der Waals surface area contributed by atoms with Crippen molar-refractivity contribution in [3.05, 3.63) is 53.9 Å². The molecule has 2 aromatic rings. The Hall–Kier alpha value is -2.14. The second-order valence-electron chi connectivity index (χ2n) is 4.47. The minimum absolute atomic E-state index is 0.137. The van der Waals surface area contributed by atoms with Crippen LogP contribution < -0.4 is 5.32 Å². The predicted molar refractivity (Wildman–Crippen MR) is 76.4 cm³/mol. The van der Waals surface area contributed by atoms with Gasteiger partial charge in [0.2, 0.25) is 0 Å². The second kappa shape index (κ2) is 6.86. The van der Waals surface area contributed by atoms with Gasteiger partial charge in [-0.15, -0.1) is 0 Å². The maximum absolute atomic E-state index is 12.0. The minimum atomic E-state index is -0.140. The number of hydrogen-bond acceptors (Lipinski definition) is 3. The summed E-state index contributed by atoms with van der Waals surface area (Å²) in [5.74, 6) is -0.140. The summed E-state index contributed by atoms with van der Waals surface area (Å²) >= 11 is 0. The Morgan fingerprint density at radius 2 is 2.15 bits per heavy atom. The molecule has 106 valence electrons. The molecule has 0 aliphatic rings. The first-order chi connectivity index (χ1) is 9.70. The molecule has 0 radical (unpaired) electrons. The fraction of sp³-hybridized carbons (Fsp3) is 0.333. The average molecular weight is 273 g/mol. The van der Waals surface area contributed by atoms with Crippen LogP contribution in [0, 0.1) is 0 Å². The van der Waals surface area contributed by atoms with Gasteiger partial charge in [0, 0.05) is 26.4 Å². The number of nitrogens with one attached hydrogen (secondary N) is 1. The van der Waals surface area contributed by atoms with E-state index in [0.29, 0.717) is 18.7 Å². The molecule has 20 heavy (non-hydrogen) atoms. The van der Waals surface area contributed by atoms with Crippen molar-refractivity contribution in [2.45, 2.75) is 13.0 Å². The van der Waals surface area contributed by atoms with Crippen molar-refractivity contribution in [3.8, 4) is 0 Å². The lowest BCUT2D eigenvalue weighted by atomic mass is 10.1. The summed E-state index contributed by atoms with van der Waals surface area (Å²) in [5, 5.41) is 6.86. The fourth-order valence-electron chi connectivity index (χ4n) is 1.97. The molecule has 5 nitrogen and oxygen atoms in total. The molecule has 0 aliphatic carbocycles. The van der Waals surface area contributed by atoms with Crippen LogP contribution in [0.2, 0.25) is 0 Å². The second-order valence-corrected chi connectivity index (χ2v) is 4.47. The number of ether oxygens (including phenoxy) is 1. The Morgan fingerprint density at radius 3 is 2.75 bits per heavy atom. The van der Waals surface area contributed by atoms with Crippen molar-refractivity contribution in [1.29, 1.82) is 0 Å². The maximum atomic E-state index is 12.0. The van der Waals surface area contributed by atoms with Crippen molar-refractivity contribution in [2.75, 3.05) is 13.2 Å². The van der Waals surface area contributed by atoms with E-state index in [4.69, 9.17) is 4.74 Å². The quantitative estimate of drug-likeness (QED) is 0.875. The molecule has 0 saturated heterocycles. The molecule has 0 unspecified atom stereocenters. The number of aryl methyl sites for hydroxylation is 1. The van der Waals surface area contributed by atoms with Gasteiger partial charge in [-0.2, -0.15) is 5.10 Å². The van der Waals surface area contributed by atoms with Gasteiger partial charge in [0.1, 0.15) is 0 Å². The molecule has 0 bridgehead atoms. The highest BCUT2D eigenvalue weighted by molar-refractivity contribution is 5.93. The van der Waals surface area contributed by atoms with Gasteiger partial charge in [0.05, 0.1) is 17.9 Å². The number of benzene rings is 1. The highest BCUT2D eigenvalue weighted by Gasteiger charge is 2.14. The molecule has 0 spiro atoms. The number of hydrogen-bond donors (Lipinski definition) is 1. The van der Waals surface area contributed by atoms with Crippen molar-refractivity contribution >= 4 is 5.91 Å². The van der Waals surface area contributed by atoms with Crippen LogP contribution in [0.4, 0.5) is 0 Å². The molecule has 0 saturated carbocycles. The van der Waals surface area contributed by atoms with E-state index in [1.807, 2.05) is 37.3 Å². The number of amides is 1. The standard InChI is InChI=1S/C15H19N3O2/c1-3-20-14(12-7-5-4-6-8-12)10-16-15(19)13-9-17-18(2)11-13/h4-9,11,14H,3,10H2,1-2H3,(H,16,19)/t14-/m0/s1. The first-order valence-electron chi connectivity index (χ1n) is 6.64. The van der Waals surface area contributed by atoms with E-state index in [1.165, 1.54) is 0 Å². The molecule has 1 N–H and O–H groups in total. The Morgan fingerprint density at radius 1 is 1.40 bits per heavy atom. The SMILES string of the molecule is CCO[C@@H](CNC(=O)c1cnn(C)c1)c1ccccc1. The fourth-order valence-corrected chi connectivity index (χ4v) is 1.97. The lowest BCUT2D eigenvalue weighted by Gasteiger charge is -2.17. The molecular weight excluding hydrogens is 254 g/mol.